The van der Waals surface area contributed by atoms with Crippen LogP contribution in [0.2, 0.25) is 0 Å². The highest BCUT2D eigenvalue weighted by molar-refractivity contribution is 6.06. The monoisotopic (exact) mass is 467 g/mol. The molecule has 5 rings (SSSR count). The van der Waals surface area contributed by atoms with Crippen LogP contribution < -0.4 is 15.6 Å². The van der Waals surface area contributed by atoms with E-state index in [0.717, 1.165) is 12.0 Å². The quantitative estimate of drug-likeness (QED) is 0.484. The van der Waals surface area contributed by atoms with Gasteiger partial charge in [0.05, 0.1) is 18.2 Å². The molecule has 0 saturated carbocycles. The Morgan fingerprint density at radius 3 is 2.54 bits per heavy atom. The molecule has 0 atom stereocenters. The number of nitrogens with zero attached hydrogens (tertiary/aromatic N) is 2. The Labute approximate surface area is 202 Å². The number of hydrogen-bond acceptors (Lipinski definition) is 4. The Morgan fingerprint density at radius 2 is 1.71 bits per heavy atom. The average molecular weight is 468 g/mol. The van der Waals surface area contributed by atoms with Crippen LogP contribution in [-0.4, -0.2) is 34.9 Å². The van der Waals surface area contributed by atoms with E-state index in [1.807, 2.05) is 30.3 Å². The van der Waals surface area contributed by atoms with Gasteiger partial charge in [0.2, 0.25) is 5.91 Å². The molecule has 0 aliphatic carbocycles. The van der Waals surface area contributed by atoms with Gasteiger partial charge < -0.3 is 15.0 Å². The Balaban J connectivity index is 1.44. The number of hydrogen-bond donors (Lipinski definition) is 1. The van der Waals surface area contributed by atoms with Gasteiger partial charge >= 0.3 is 0 Å². The van der Waals surface area contributed by atoms with Gasteiger partial charge in [-0.15, -0.1) is 0 Å². The van der Waals surface area contributed by atoms with Gasteiger partial charge in [-0.3, -0.25) is 19.0 Å². The van der Waals surface area contributed by atoms with Crippen LogP contribution in [0, 0.1) is 0 Å². The number of fused-ring (bicyclic) bond motifs is 2. The summed E-state index contributed by atoms with van der Waals surface area (Å²) in [4.78, 5) is 41.2. The minimum absolute atomic E-state index is 0.178. The SMILES string of the molecule is COc1cccc(NC(=O)Cn2c(=O)cc(C(=O)N3CCc4ccccc4C3)c3ccccc32)c1. The van der Waals surface area contributed by atoms with E-state index in [-0.39, 0.29) is 18.4 Å². The normalized spacial score (nSPS) is 12.8. The predicted octanol–water partition coefficient (Wildman–Crippen LogP) is 3.85. The number of aromatic nitrogens is 1. The Morgan fingerprint density at radius 1 is 0.943 bits per heavy atom. The van der Waals surface area contributed by atoms with Gasteiger partial charge in [0, 0.05) is 36.3 Å². The Bertz CT molecular complexity index is 1490. The van der Waals surface area contributed by atoms with Crippen LogP contribution in [0.5, 0.6) is 5.75 Å². The number of methoxy groups -OCH3 is 1. The molecule has 1 aliphatic heterocycles. The maximum absolute atomic E-state index is 13.5. The average Bonchev–Trinajstić information content (AvgIpc) is 2.89. The van der Waals surface area contributed by atoms with Gasteiger partial charge in [-0.25, -0.2) is 0 Å². The van der Waals surface area contributed by atoms with Gasteiger partial charge in [-0.2, -0.15) is 0 Å². The number of rotatable bonds is 5. The van der Waals surface area contributed by atoms with E-state index < -0.39 is 5.56 Å². The van der Waals surface area contributed by atoms with Crippen molar-refractivity contribution in [3.8, 4) is 5.75 Å². The summed E-state index contributed by atoms with van der Waals surface area (Å²) < 4.78 is 6.59. The van der Waals surface area contributed by atoms with Crippen LogP contribution >= 0.6 is 0 Å². The molecule has 0 bridgehead atoms. The van der Waals surface area contributed by atoms with E-state index in [1.165, 1.54) is 16.2 Å². The highest BCUT2D eigenvalue weighted by Crippen LogP contribution is 2.24. The van der Waals surface area contributed by atoms with Crippen molar-refractivity contribution >= 4 is 28.4 Å². The first kappa shape index (κ1) is 22.4. The number of ether oxygens (including phenoxy) is 1. The molecular formula is C28H25N3O4. The number of benzene rings is 3. The number of anilines is 1. The number of para-hydroxylation sites is 1. The minimum atomic E-state index is -0.398. The van der Waals surface area contributed by atoms with E-state index in [4.69, 9.17) is 4.74 Å². The first-order valence-electron chi connectivity index (χ1n) is 11.5. The zero-order valence-electron chi connectivity index (χ0n) is 19.4. The van der Waals surface area contributed by atoms with Gasteiger partial charge in [0.25, 0.3) is 11.5 Å². The molecule has 3 aromatic carbocycles. The molecule has 1 aliphatic rings. The minimum Gasteiger partial charge on any atom is -0.497 e. The second-order valence-corrected chi connectivity index (χ2v) is 8.53. The van der Waals surface area contributed by atoms with Crippen molar-refractivity contribution in [2.75, 3.05) is 19.0 Å². The van der Waals surface area contributed by atoms with E-state index in [0.29, 0.717) is 41.0 Å². The fourth-order valence-corrected chi connectivity index (χ4v) is 4.56. The van der Waals surface area contributed by atoms with Crippen LogP contribution in [-0.2, 0) is 24.3 Å². The molecule has 2 amide bonds. The molecule has 4 aromatic rings. The zero-order chi connectivity index (χ0) is 24.4. The molecule has 176 valence electrons. The lowest BCUT2D eigenvalue weighted by Crippen LogP contribution is -2.37. The molecule has 0 saturated heterocycles. The van der Waals surface area contributed by atoms with Crippen molar-refractivity contribution in [1.29, 1.82) is 0 Å². The van der Waals surface area contributed by atoms with Gasteiger partial charge in [0.15, 0.2) is 0 Å². The van der Waals surface area contributed by atoms with Gasteiger partial charge in [0.1, 0.15) is 12.3 Å². The summed E-state index contributed by atoms with van der Waals surface area (Å²) in [5.41, 5.74) is 3.45. The summed E-state index contributed by atoms with van der Waals surface area (Å²) in [5.74, 6) is 0.0895. The predicted molar refractivity (Wildman–Crippen MR) is 135 cm³/mol. The van der Waals surface area contributed by atoms with E-state index >= 15 is 0 Å². The summed E-state index contributed by atoms with van der Waals surface area (Å²) >= 11 is 0. The number of carbonyl (C=O) groups excluding carboxylic acids is 2. The third-order valence-corrected chi connectivity index (χ3v) is 6.32. The van der Waals surface area contributed by atoms with Crippen molar-refractivity contribution in [3.05, 3.63) is 106 Å². The first-order chi connectivity index (χ1) is 17.0. The maximum atomic E-state index is 13.5. The van der Waals surface area contributed by atoms with E-state index in [2.05, 4.69) is 11.4 Å². The van der Waals surface area contributed by atoms with E-state index in [1.54, 1.807) is 48.4 Å². The highest BCUT2D eigenvalue weighted by Gasteiger charge is 2.24. The van der Waals surface area contributed by atoms with Crippen molar-refractivity contribution < 1.29 is 14.3 Å². The number of carbonyl (C=O) groups is 2. The van der Waals surface area contributed by atoms with Crippen LogP contribution in [0.25, 0.3) is 10.9 Å². The van der Waals surface area contributed by atoms with Crippen LogP contribution in [0.4, 0.5) is 5.69 Å². The highest BCUT2D eigenvalue weighted by atomic mass is 16.5. The van der Waals surface area contributed by atoms with Crippen LogP contribution in [0.1, 0.15) is 21.5 Å². The van der Waals surface area contributed by atoms with E-state index in [9.17, 15) is 14.4 Å². The summed E-state index contributed by atoms with van der Waals surface area (Å²) in [6, 6.07) is 23.7. The molecule has 0 fully saturated rings. The fraction of sp³-hybridized carbons (Fsp3) is 0.179. The topological polar surface area (TPSA) is 80.6 Å². The summed E-state index contributed by atoms with van der Waals surface area (Å²) in [7, 11) is 1.55. The van der Waals surface area contributed by atoms with Gasteiger partial charge in [-0.05, 0) is 35.7 Å². The van der Waals surface area contributed by atoms with Crippen molar-refractivity contribution in [2.24, 2.45) is 0 Å². The summed E-state index contributed by atoms with van der Waals surface area (Å²) in [5, 5.41) is 3.45. The van der Waals surface area contributed by atoms with Crippen molar-refractivity contribution in [1.82, 2.24) is 9.47 Å². The third-order valence-electron chi connectivity index (χ3n) is 6.32. The first-order valence-corrected chi connectivity index (χ1v) is 11.5. The fourth-order valence-electron chi connectivity index (χ4n) is 4.56. The van der Waals surface area contributed by atoms with Crippen molar-refractivity contribution in [2.45, 2.75) is 19.5 Å². The van der Waals surface area contributed by atoms with Crippen LogP contribution in [0.15, 0.2) is 83.7 Å². The molecule has 0 spiro atoms. The second-order valence-electron chi connectivity index (χ2n) is 8.53. The lowest BCUT2D eigenvalue weighted by atomic mass is 9.98. The molecule has 1 aromatic heterocycles. The molecule has 35 heavy (non-hydrogen) atoms. The zero-order valence-corrected chi connectivity index (χ0v) is 19.4. The third kappa shape index (κ3) is 4.53. The number of pyridine rings is 1. The lowest BCUT2D eigenvalue weighted by Gasteiger charge is -2.29. The largest absolute Gasteiger partial charge is 0.497 e. The Kier molecular flexibility index (Phi) is 6.06. The molecule has 7 heteroatoms. The molecule has 7 nitrogen and oxygen atoms in total. The molecule has 1 N–H and O–H groups in total. The smallest absolute Gasteiger partial charge is 0.255 e. The molecule has 2 heterocycles. The summed E-state index contributed by atoms with van der Waals surface area (Å²) in [6.07, 6.45) is 0.779. The molecular weight excluding hydrogens is 442 g/mol. The standard InChI is InChI=1S/C28H25N3O4/c1-35-22-10-6-9-21(15-22)29-26(32)18-31-25-12-5-4-11-23(25)24(16-27(31)33)28(34)30-14-13-19-7-2-3-8-20(19)17-30/h2-12,15-16H,13-14,17-18H2,1H3,(H,29,32). The van der Waals surface area contributed by atoms with Crippen molar-refractivity contribution in [3.63, 3.8) is 0 Å². The van der Waals surface area contributed by atoms with Gasteiger partial charge in [-0.1, -0.05) is 48.5 Å². The van der Waals surface area contributed by atoms with Crippen LogP contribution in [0.3, 0.4) is 0 Å². The number of nitrogens with one attached hydrogen (secondary N) is 1. The molecule has 0 radical (unpaired) electrons. The summed E-state index contributed by atoms with van der Waals surface area (Å²) in [6.45, 7) is 0.924. The molecule has 0 unspecified atom stereocenters. The lowest BCUT2D eigenvalue weighted by molar-refractivity contribution is -0.116. The second kappa shape index (κ2) is 9.46. The Hall–Kier alpha value is -4.39. The maximum Gasteiger partial charge on any atom is 0.255 e. The number of amides is 2.